The first kappa shape index (κ1) is 12.9. The molecular weight excluding hydrogens is 206 g/mol. The van der Waals surface area contributed by atoms with Gasteiger partial charge in [0, 0.05) is 0 Å². The zero-order valence-corrected chi connectivity index (χ0v) is 9.99. The van der Waals surface area contributed by atoms with Crippen LogP contribution in [0.15, 0.2) is 6.20 Å². The molecule has 0 aromatic carbocycles. The van der Waals surface area contributed by atoms with E-state index < -0.39 is 5.54 Å². The normalized spacial score (nSPS) is 11.6. The molecule has 1 aromatic heterocycles. The lowest BCUT2D eigenvalue weighted by atomic mass is 9.99. The fraction of sp³-hybridized carbons (Fsp3) is 0.636. The summed E-state index contributed by atoms with van der Waals surface area (Å²) >= 11 is 0. The van der Waals surface area contributed by atoms with E-state index in [1.807, 2.05) is 20.8 Å². The number of hydrogen-bond acceptors (Lipinski definition) is 5. The standard InChI is InChI=1S/C11H19N3O2/c1-4-11(6-15,7-16)14-10-5-12-8(2)9(3)13-10/h5,15-16H,4,6-7H2,1-3H3,(H,13,14). The van der Waals surface area contributed by atoms with Crippen LogP contribution in [-0.2, 0) is 0 Å². The van der Waals surface area contributed by atoms with E-state index in [1.165, 1.54) is 0 Å². The van der Waals surface area contributed by atoms with Crippen LogP contribution in [-0.4, -0.2) is 38.9 Å². The van der Waals surface area contributed by atoms with Crippen molar-refractivity contribution in [3.05, 3.63) is 17.6 Å². The Morgan fingerprint density at radius 2 is 1.88 bits per heavy atom. The highest BCUT2D eigenvalue weighted by molar-refractivity contribution is 5.37. The van der Waals surface area contributed by atoms with Gasteiger partial charge >= 0.3 is 0 Å². The van der Waals surface area contributed by atoms with Crippen LogP contribution >= 0.6 is 0 Å². The lowest BCUT2D eigenvalue weighted by molar-refractivity contribution is 0.132. The van der Waals surface area contributed by atoms with Gasteiger partial charge in [0.05, 0.1) is 36.3 Å². The summed E-state index contributed by atoms with van der Waals surface area (Å²) < 4.78 is 0. The Bertz CT molecular complexity index is 343. The van der Waals surface area contributed by atoms with Crippen LogP contribution in [0.4, 0.5) is 5.82 Å². The first-order chi connectivity index (χ1) is 7.56. The molecule has 0 saturated carbocycles. The molecule has 5 nitrogen and oxygen atoms in total. The first-order valence-corrected chi connectivity index (χ1v) is 5.37. The molecule has 0 saturated heterocycles. The Hall–Kier alpha value is -1.20. The molecule has 0 radical (unpaired) electrons. The first-order valence-electron chi connectivity index (χ1n) is 5.37. The highest BCUT2D eigenvalue weighted by atomic mass is 16.3. The molecule has 3 N–H and O–H groups in total. The molecule has 1 heterocycles. The minimum absolute atomic E-state index is 0.144. The third-order valence-corrected chi connectivity index (χ3v) is 2.87. The van der Waals surface area contributed by atoms with Crippen molar-refractivity contribution in [1.82, 2.24) is 9.97 Å². The lowest BCUT2D eigenvalue weighted by Gasteiger charge is -2.30. The van der Waals surface area contributed by atoms with Crippen molar-refractivity contribution < 1.29 is 10.2 Å². The van der Waals surface area contributed by atoms with E-state index in [-0.39, 0.29) is 13.2 Å². The van der Waals surface area contributed by atoms with Gasteiger partial charge in [0.1, 0.15) is 5.82 Å². The molecule has 5 heteroatoms. The molecule has 1 aromatic rings. The van der Waals surface area contributed by atoms with Crippen molar-refractivity contribution >= 4 is 5.82 Å². The van der Waals surface area contributed by atoms with Gasteiger partial charge in [-0.3, -0.25) is 4.98 Å². The maximum atomic E-state index is 9.29. The highest BCUT2D eigenvalue weighted by Gasteiger charge is 2.26. The summed E-state index contributed by atoms with van der Waals surface area (Å²) in [6, 6.07) is 0. The number of rotatable bonds is 5. The van der Waals surface area contributed by atoms with Gasteiger partial charge < -0.3 is 15.5 Å². The fourth-order valence-corrected chi connectivity index (χ4v) is 1.31. The van der Waals surface area contributed by atoms with E-state index in [2.05, 4.69) is 15.3 Å². The van der Waals surface area contributed by atoms with Gasteiger partial charge in [-0.15, -0.1) is 0 Å². The second kappa shape index (κ2) is 5.23. The smallest absolute Gasteiger partial charge is 0.145 e. The fourth-order valence-electron chi connectivity index (χ4n) is 1.31. The topological polar surface area (TPSA) is 78.3 Å². The van der Waals surface area contributed by atoms with Crippen molar-refractivity contribution in [2.75, 3.05) is 18.5 Å². The average Bonchev–Trinajstić information content (AvgIpc) is 2.31. The zero-order chi connectivity index (χ0) is 12.2. The summed E-state index contributed by atoms with van der Waals surface area (Å²) in [7, 11) is 0. The summed E-state index contributed by atoms with van der Waals surface area (Å²) in [6.45, 7) is 5.37. The Morgan fingerprint density at radius 1 is 1.25 bits per heavy atom. The van der Waals surface area contributed by atoms with E-state index in [0.717, 1.165) is 11.4 Å². The summed E-state index contributed by atoms with van der Waals surface area (Å²) in [5, 5.41) is 21.6. The third kappa shape index (κ3) is 2.68. The largest absolute Gasteiger partial charge is 0.394 e. The minimum atomic E-state index is -0.726. The van der Waals surface area contributed by atoms with Crippen molar-refractivity contribution in [3.8, 4) is 0 Å². The van der Waals surface area contributed by atoms with E-state index >= 15 is 0 Å². The third-order valence-electron chi connectivity index (χ3n) is 2.87. The van der Waals surface area contributed by atoms with Gasteiger partial charge in [-0.1, -0.05) is 6.92 Å². The second-order valence-corrected chi connectivity index (χ2v) is 4.00. The van der Waals surface area contributed by atoms with Gasteiger partial charge in [0.25, 0.3) is 0 Å². The van der Waals surface area contributed by atoms with Crippen LogP contribution in [0.1, 0.15) is 24.7 Å². The number of aliphatic hydroxyl groups excluding tert-OH is 2. The summed E-state index contributed by atoms with van der Waals surface area (Å²) in [4.78, 5) is 8.48. The number of aromatic nitrogens is 2. The number of aliphatic hydroxyl groups is 2. The monoisotopic (exact) mass is 225 g/mol. The number of hydrogen-bond donors (Lipinski definition) is 3. The molecule has 16 heavy (non-hydrogen) atoms. The van der Waals surface area contributed by atoms with Gasteiger partial charge in [-0.05, 0) is 20.3 Å². The zero-order valence-electron chi connectivity index (χ0n) is 9.99. The van der Waals surface area contributed by atoms with Crippen molar-refractivity contribution in [2.45, 2.75) is 32.7 Å². The quantitative estimate of drug-likeness (QED) is 0.685. The second-order valence-electron chi connectivity index (χ2n) is 4.00. The number of anilines is 1. The molecule has 0 aliphatic carbocycles. The van der Waals surface area contributed by atoms with E-state index in [0.29, 0.717) is 12.2 Å². The van der Waals surface area contributed by atoms with Crippen LogP contribution in [0.3, 0.4) is 0 Å². The molecule has 0 amide bonds. The van der Waals surface area contributed by atoms with Crippen molar-refractivity contribution in [2.24, 2.45) is 0 Å². The average molecular weight is 225 g/mol. The summed E-state index contributed by atoms with van der Waals surface area (Å²) in [5.74, 6) is 0.577. The SMILES string of the molecule is CCC(CO)(CO)Nc1cnc(C)c(C)n1. The maximum Gasteiger partial charge on any atom is 0.145 e. The minimum Gasteiger partial charge on any atom is -0.394 e. The number of nitrogens with one attached hydrogen (secondary N) is 1. The van der Waals surface area contributed by atoms with Crippen LogP contribution < -0.4 is 5.32 Å². The van der Waals surface area contributed by atoms with Gasteiger partial charge in [-0.2, -0.15) is 0 Å². The van der Waals surface area contributed by atoms with Crippen LogP contribution in [0.2, 0.25) is 0 Å². The molecule has 90 valence electrons. The molecular formula is C11H19N3O2. The molecule has 0 fully saturated rings. The molecule has 0 bridgehead atoms. The number of nitrogens with zero attached hydrogens (tertiary/aromatic N) is 2. The maximum absolute atomic E-state index is 9.29. The van der Waals surface area contributed by atoms with E-state index in [9.17, 15) is 10.2 Å². The Morgan fingerprint density at radius 3 is 2.31 bits per heavy atom. The summed E-state index contributed by atoms with van der Waals surface area (Å²) in [6.07, 6.45) is 2.21. The Balaban J connectivity index is 2.89. The predicted molar refractivity (Wildman–Crippen MR) is 62.3 cm³/mol. The van der Waals surface area contributed by atoms with E-state index in [1.54, 1.807) is 6.20 Å². The van der Waals surface area contributed by atoms with Crippen molar-refractivity contribution in [1.29, 1.82) is 0 Å². The Labute approximate surface area is 95.6 Å². The molecule has 0 aliphatic rings. The molecule has 0 aliphatic heterocycles. The molecule has 1 rings (SSSR count). The predicted octanol–water partition coefficient (Wildman–Crippen LogP) is 0.639. The lowest BCUT2D eigenvalue weighted by Crippen LogP contribution is -2.45. The van der Waals surface area contributed by atoms with E-state index in [4.69, 9.17) is 0 Å². The number of aryl methyl sites for hydroxylation is 2. The highest BCUT2D eigenvalue weighted by Crippen LogP contribution is 2.16. The van der Waals surface area contributed by atoms with Gasteiger partial charge in [-0.25, -0.2) is 4.98 Å². The van der Waals surface area contributed by atoms with Crippen molar-refractivity contribution in [3.63, 3.8) is 0 Å². The molecule has 0 unspecified atom stereocenters. The van der Waals surface area contributed by atoms with Crippen LogP contribution in [0.5, 0.6) is 0 Å². The van der Waals surface area contributed by atoms with Crippen LogP contribution in [0.25, 0.3) is 0 Å². The van der Waals surface area contributed by atoms with Gasteiger partial charge in [0.15, 0.2) is 0 Å². The summed E-state index contributed by atoms with van der Waals surface area (Å²) in [5.41, 5.74) is 0.989. The Kier molecular flexibility index (Phi) is 4.20. The molecule has 0 spiro atoms. The molecule has 0 atom stereocenters. The van der Waals surface area contributed by atoms with Crippen LogP contribution in [0, 0.1) is 13.8 Å². The van der Waals surface area contributed by atoms with Gasteiger partial charge in [0.2, 0.25) is 0 Å².